The Morgan fingerprint density at radius 1 is 0.596 bits per heavy atom. The predicted octanol–water partition coefficient (Wildman–Crippen LogP) is 0.278. The number of aromatic hydroxyl groups is 1. The minimum atomic E-state index is -1.95. The number of aromatic nitrogens is 1. The van der Waals surface area contributed by atoms with Gasteiger partial charge in [-0.15, -0.1) is 11.3 Å². The number of carbonyl (C=O) groups is 12. The van der Waals surface area contributed by atoms with Crippen LogP contribution in [-0.2, 0) is 83.2 Å². The molecule has 10 amide bonds. The minimum Gasteiger partial charge on any atom is -0.508 e. The Kier molecular flexibility index (Phi) is 27.6. The van der Waals surface area contributed by atoms with Crippen LogP contribution in [0.1, 0.15) is 94.2 Å². The first-order valence-electron chi connectivity index (χ1n) is 31.0. The van der Waals surface area contributed by atoms with E-state index in [2.05, 4.69) is 47.5 Å². The van der Waals surface area contributed by atoms with Crippen molar-refractivity contribution in [2.75, 3.05) is 13.1 Å². The summed E-state index contributed by atoms with van der Waals surface area (Å²) in [6.45, 7) is 7.38. The van der Waals surface area contributed by atoms with Gasteiger partial charge in [0.15, 0.2) is 0 Å². The van der Waals surface area contributed by atoms with Crippen molar-refractivity contribution >= 4 is 93.3 Å². The first-order valence-corrected chi connectivity index (χ1v) is 31.9. The lowest BCUT2D eigenvalue weighted by Crippen LogP contribution is -2.61. The van der Waals surface area contributed by atoms with E-state index in [1.54, 1.807) is 104 Å². The zero-order chi connectivity index (χ0) is 68.8. The number of rotatable bonds is 36. The van der Waals surface area contributed by atoms with Crippen LogP contribution >= 0.6 is 11.3 Å². The van der Waals surface area contributed by atoms with E-state index in [9.17, 15) is 68.1 Å². The highest BCUT2D eigenvalue weighted by Crippen LogP contribution is 2.23. The Balaban J connectivity index is 1.23. The number of carbonyl (C=O) groups excluding carboxylic acids is 10. The van der Waals surface area contributed by atoms with E-state index in [0.717, 1.165) is 0 Å². The molecule has 3 aromatic carbocycles. The van der Waals surface area contributed by atoms with Crippen LogP contribution in [0.3, 0.4) is 0 Å². The maximum absolute atomic E-state index is 15.1. The number of carboxylic acids is 2. The number of thiophene rings is 1. The summed E-state index contributed by atoms with van der Waals surface area (Å²) < 4.78 is 0. The number of fused-ring (bicyclic) bond motifs is 1. The quantitative estimate of drug-likeness (QED) is 0.0256. The highest BCUT2D eigenvalue weighted by atomic mass is 32.1. The van der Waals surface area contributed by atoms with Crippen molar-refractivity contribution in [1.82, 2.24) is 52.4 Å². The highest BCUT2D eigenvalue weighted by molar-refractivity contribution is 7.09. The number of phenols is 1. The summed E-state index contributed by atoms with van der Waals surface area (Å²) in [5, 5.41) is 53.1. The van der Waals surface area contributed by atoms with E-state index in [4.69, 9.17) is 17.2 Å². The third-order valence-corrected chi connectivity index (χ3v) is 16.7. The SMILES string of the molecule is CC(C)C[C@H](NC(=O)[C@H](CCCN)NC(=O)[C@@H](N)C(C)C)C(=O)N[C@@H](Cc1ccc(O)cc1)C(=O)N1CCC[C@H]1C(=O)N[C@@H](Cc1ccccc1)C(=O)N[C@@H](Cc1cccs1)C(=O)N[C@@H](CC(N)=O)C(=O)N[C@@H](CC(=O)O)C(=O)N[C@@H](Cc1c[nH]c2ccccc12)C(=O)O. The van der Waals surface area contributed by atoms with Crippen LogP contribution < -0.4 is 59.7 Å². The number of benzene rings is 3. The van der Waals surface area contributed by atoms with E-state index in [0.29, 0.717) is 45.3 Å². The van der Waals surface area contributed by atoms with Crippen LogP contribution in [0.25, 0.3) is 10.9 Å². The number of H-pyrrole nitrogens is 1. The van der Waals surface area contributed by atoms with Gasteiger partial charge in [-0.3, -0.25) is 52.7 Å². The van der Waals surface area contributed by atoms with Gasteiger partial charge >= 0.3 is 11.9 Å². The number of likely N-dealkylation sites (tertiary alicyclic amines) is 1. The molecule has 3 heterocycles. The molecule has 1 saturated heterocycles. The number of nitrogens with two attached hydrogens (primary N) is 3. The molecule has 0 radical (unpaired) electrons. The number of primary amides is 1. The van der Waals surface area contributed by atoms with Gasteiger partial charge in [-0.05, 0) is 96.8 Å². The van der Waals surface area contributed by atoms with Gasteiger partial charge < -0.3 is 84.9 Å². The fraction of sp³-hybridized carbons (Fsp3) is 0.446. The molecule has 1 aliphatic rings. The molecule has 29 heteroatoms. The van der Waals surface area contributed by atoms with Gasteiger partial charge in [0.05, 0.1) is 18.9 Å². The molecule has 94 heavy (non-hydrogen) atoms. The number of para-hydroxylation sites is 1. The second-order valence-electron chi connectivity index (χ2n) is 24.0. The van der Waals surface area contributed by atoms with Crippen molar-refractivity contribution in [3.63, 3.8) is 0 Å². The maximum Gasteiger partial charge on any atom is 0.326 e. The molecular weight excluding hydrogens is 1230 g/mol. The minimum absolute atomic E-state index is 0.0289. The second kappa shape index (κ2) is 35.3. The monoisotopic (exact) mass is 1320 g/mol. The number of hydrogen-bond donors (Lipinski definition) is 15. The smallest absolute Gasteiger partial charge is 0.326 e. The summed E-state index contributed by atoms with van der Waals surface area (Å²) in [6, 6.07) is 10.3. The number of phenolic OH excluding ortho intramolecular Hbond substituents is 1. The van der Waals surface area contributed by atoms with Crippen LogP contribution in [-0.4, -0.2) is 170 Å². The molecule has 10 atom stereocenters. The molecule has 18 N–H and O–H groups in total. The van der Waals surface area contributed by atoms with Gasteiger partial charge in [-0.1, -0.05) is 94.4 Å². The molecule has 1 fully saturated rings. The van der Waals surface area contributed by atoms with E-state index < -0.39 is 144 Å². The molecule has 0 aliphatic carbocycles. The van der Waals surface area contributed by atoms with Crippen molar-refractivity contribution in [1.29, 1.82) is 0 Å². The van der Waals surface area contributed by atoms with E-state index >= 15 is 4.79 Å². The molecule has 2 aromatic heterocycles. The summed E-state index contributed by atoms with van der Waals surface area (Å²) in [7, 11) is 0. The number of hydrogen-bond acceptors (Lipinski definition) is 16. The van der Waals surface area contributed by atoms with Crippen molar-refractivity contribution < 1.29 is 72.9 Å². The summed E-state index contributed by atoms with van der Waals surface area (Å²) in [5.41, 5.74) is 19.7. The number of nitrogens with one attached hydrogen (secondary N) is 9. The Morgan fingerprint density at radius 2 is 1.14 bits per heavy atom. The molecule has 0 saturated carbocycles. The number of aliphatic carboxylic acids is 2. The molecule has 506 valence electrons. The van der Waals surface area contributed by atoms with Gasteiger partial charge in [0.2, 0.25) is 59.1 Å². The zero-order valence-corrected chi connectivity index (χ0v) is 53.6. The standard InChI is InChI=1S/C65H85N13O15S/c1-35(2)27-45(71-56(83)44(18-10-24-66)70-63(90)55(68)36(3)4)57(84)76-50(29-38-20-22-40(79)23-21-38)64(91)78-25-11-19-52(78)62(89)75-46(28-37-13-6-5-7-14-37)58(85)72-47(31-41-15-12-26-94-41)59(86)73-48(32-53(67)80)60(87)74-49(33-54(81)82)61(88)77-51(65(92)93)30-39-34-69-43-17-9-8-16-42(39)43/h5-9,12-17,20-23,26,34-36,44-52,55,69,79H,10-11,18-19,24-25,27-33,66,68H2,1-4H3,(H2,67,80)(H,70,90)(H,71,83)(H,72,85)(H,73,86)(H,74,87)(H,75,89)(H,76,84)(H,77,88)(H,81,82)(H,92,93)/t44-,45-,46-,47-,48-,49-,50-,51-,52-,55-/m0/s1. The van der Waals surface area contributed by atoms with E-state index in [1.165, 1.54) is 28.4 Å². The number of nitrogens with zero attached hydrogens (tertiary/aromatic N) is 1. The van der Waals surface area contributed by atoms with Crippen molar-refractivity contribution in [3.8, 4) is 5.75 Å². The summed E-state index contributed by atoms with van der Waals surface area (Å²) >= 11 is 1.21. The molecule has 28 nitrogen and oxygen atoms in total. The fourth-order valence-electron chi connectivity index (χ4n) is 10.8. The van der Waals surface area contributed by atoms with Gasteiger partial charge in [0.25, 0.3) is 0 Å². The van der Waals surface area contributed by atoms with Crippen molar-refractivity contribution in [3.05, 3.63) is 124 Å². The lowest BCUT2D eigenvalue weighted by atomic mass is 9.99. The van der Waals surface area contributed by atoms with Crippen LogP contribution in [0, 0.1) is 11.8 Å². The van der Waals surface area contributed by atoms with Crippen LogP contribution in [0.2, 0.25) is 0 Å². The van der Waals surface area contributed by atoms with Gasteiger partial charge in [0, 0.05) is 54.2 Å². The molecule has 0 bridgehead atoms. The fourth-order valence-corrected chi connectivity index (χ4v) is 11.5. The van der Waals surface area contributed by atoms with Gasteiger partial charge in [0.1, 0.15) is 60.1 Å². The third-order valence-electron chi connectivity index (χ3n) is 15.8. The zero-order valence-electron chi connectivity index (χ0n) is 52.8. The third kappa shape index (κ3) is 22.0. The largest absolute Gasteiger partial charge is 0.508 e. The van der Waals surface area contributed by atoms with Crippen molar-refractivity contribution in [2.45, 2.75) is 159 Å². The van der Waals surface area contributed by atoms with E-state index in [1.807, 2.05) is 13.8 Å². The normalized spacial score (nSPS) is 15.8. The molecule has 5 aromatic rings. The molecule has 1 aliphatic heterocycles. The Bertz CT molecular complexity index is 3460. The summed E-state index contributed by atoms with van der Waals surface area (Å²) in [5.74, 6) is -12.6. The second-order valence-corrected chi connectivity index (χ2v) is 25.1. The van der Waals surface area contributed by atoms with E-state index in [-0.39, 0.29) is 75.6 Å². The van der Waals surface area contributed by atoms with Crippen molar-refractivity contribution in [2.24, 2.45) is 29.0 Å². The van der Waals surface area contributed by atoms with Crippen LogP contribution in [0.4, 0.5) is 0 Å². The highest BCUT2D eigenvalue weighted by Gasteiger charge is 2.41. The lowest BCUT2D eigenvalue weighted by molar-refractivity contribution is -0.144. The molecular formula is C65H85N13O15S. The molecule has 6 rings (SSSR count). The molecule has 0 spiro atoms. The van der Waals surface area contributed by atoms with Crippen LogP contribution in [0.15, 0.2) is 103 Å². The average Bonchev–Trinajstić information content (AvgIpc) is 1.62. The Morgan fingerprint density at radius 3 is 1.74 bits per heavy atom. The van der Waals surface area contributed by atoms with Crippen LogP contribution in [0.5, 0.6) is 5.75 Å². The Labute approximate surface area is 547 Å². The molecule has 0 unspecified atom stereocenters. The average molecular weight is 1320 g/mol. The maximum atomic E-state index is 15.1. The van der Waals surface area contributed by atoms with Gasteiger partial charge in [-0.25, -0.2) is 4.79 Å². The Hall–Kier alpha value is -9.74. The lowest BCUT2D eigenvalue weighted by Gasteiger charge is -2.31. The van der Waals surface area contributed by atoms with Gasteiger partial charge in [-0.2, -0.15) is 0 Å². The topological polar surface area (TPSA) is 459 Å². The first kappa shape index (κ1) is 73.3. The summed E-state index contributed by atoms with van der Waals surface area (Å²) in [6.07, 6.45) is -0.213. The number of carboxylic acid groups (broad SMARTS) is 2. The first-order chi connectivity index (χ1) is 44.7. The predicted molar refractivity (Wildman–Crippen MR) is 346 cm³/mol. The number of amides is 10. The summed E-state index contributed by atoms with van der Waals surface area (Å²) in [4.78, 5) is 171. The number of aromatic amines is 1.